The first-order valence-electron chi connectivity index (χ1n) is 6.22. The summed E-state index contributed by atoms with van der Waals surface area (Å²) in [6.45, 7) is 4.19. The maximum absolute atomic E-state index is 11.6. The van der Waals surface area contributed by atoms with Gasteiger partial charge in [-0.3, -0.25) is 4.79 Å². The molecule has 20 heavy (non-hydrogen) atoms. The summed E-state index contributed by atoms with van der Waals surface area (Å²) in [6.07, 6.45) is 3.77. The summed E-state index contributed by atoms with van der Waals surface area (Å²) in [6, 6.07) is 9.36. The van der Waals surface area contributed by atoms with Crippen molar-refractivity contribution < 1.29 is 0 Å². The first-order chi connectivity index (χ1) is 9.48. The minimum Gasteiger partial charge on any atom is -0.337 e. The molecule has 0 fully saturated rings. The third-order valence-electron chi connectivity index (χ3n) is 3.50. The molecule has 0 aliphatic carbocycles. The van der Waals surface area contributed by atoms with E-state index in [1.54, 1.807) is 18.3 Å². The Labute approximate surface area is 125 Å². The molecule has 3 heterocycles. The van der Waals surface area contributed by atoms with E-state index in [0.29, 0.717) is 5.15 Å². The molecule has 0 radical (unpaired) electrons. The van der Waals surface area contributed by atoms with Crippen molar-refractivity contribution in [1.29, 1.82) is 0 Å². The highest BCUT2D eigenvalue weighted by Crippen LogP contribution is 2.33. The summed E-state index contributed by atoms with van der Waals surface area (Å²) in [5, 5.41) is 0.477. The van der Waals surface area contributed by atoms with E-state index in [9.17, 15) is 4.79 Å². The van der Waals surface area contributed by atoms with Gasteiger partial charge in [-0.2, -0.15) is 0 Å². The molecule has 2 aliphatic heterocycles. The number of fused-ring (bicyclic) bond motifs is 1. The van der Waals surface area contributed by atoms with Crippen molar-refractivity contribution in [2.75, 3.05) is 0 Å². The van der Waals surface area contributed by atoms with Crippen molar-refractivity contribution in [3.05, 3.63) is 63.0 Å². The zero-order valence-corrected chi connectivity index (χ0v) is 12.7. The van der Waals surface area contributed by atoms with Gasteiger partial charge >= 0.3 is 0 Å². The maximum atomic E-state index is 11.6. The highest BCUT2D eigenvalue weighted by Gasteiger charge is 2.26. The molecule has 0 unspecified atom stereocenters. The first kappa shape index (κ1) is 13.3. The van der Waals surface area contributed by atoms with E-state index in [1.807, 2.05) is 24.4 Å². The number of rotatable bonds is 2. The fourth-order valence-corrected chi connectivity index (χ4v) is 3.25. The van der Waals surface area contributed by atoms with E-state index in [2.05, 4.69) is 23.4 Å². The minimum atomic E-state index is -0.315. The Hall–Kier alpha value is -1.65. The third kappa shape index (κ3) is 2.15. The van der Waals surface area contributed by atoms with Crippen LogP contribution in [0.15, 0.2) is 47.5 Å². The molecular formula is C15H13ClN2OS. The summed E-state index contributed by atoms with van der Waals surface area (Å²) in [5.41, 5.74) is 1.67. The Bertz CT molecular complexity index is 773. The van der Waals surface area contributed by atoms with E-state index < -0.39 is 0 Å². The summed E-state index contributed by atoms with van der Waals surface area (Å²) >= 11 is 7.12. The monoisotopic (exact) mass is 304 g/mol. The van der Waals surface area contributed by atoms with Crippen molar-refractivity contribution in [1.82, 2.24) is 9.55 Å². The summed E-state index contributed by atoms with van der Waals surface area (Å²) in [4.78, 5) is 16.8. The van der Waals surface area contributed by atoms with Gasteiger partial charge in [0.05, 0.1) is 16.1 Å². The molecule has 102 valence electrons. The van der Waals surface area contributed by atoms with E-state index in [1.165, 1.54) is 11.3 Å². The van der Waals surface area contributed by atoms with Crippen LogP contribution in [0.5, 0.6) is 0 Å². The number of hydrogen-bond acceptors (Lipinski definition) is 3. The zero-order chi connectivity index (χ0) is 14.3. The van der Waals surface area contributed by atoms with Crippen molar-refractivity contribution in [2.45, 2.75) is 19.4 Å². The van der Waals surface area contributed by atoms with E-state index in [-0.39, 0.29) is 10.3 Å². The molecule has 0 atom stereocenters. The number of nitrogens with zero attached hydrogens (tertiary/aromatic N) is 2. The average molecular weight is 305 g/mol. The molecule has 0 saturated carbocycles. The number of aromatic nitrogens is 2. The van der Waals surface area contributed by atoms with Crippen molar-refractivity contribution >= 4 is 22.9 Å². The molecule has 0 spiro atoms. The molecular weight excluding hydrogens is 292 g/mol. The van der Waals surface area contributed by atoms with Gasteiger partial charge in [0.1, 0.15) is 5.15 Å². The van der Waals surface area contributed by atoms with E-state index in [4.69, 9.17) is 11.6 Å². The van der Waals surface area contributed by atoms with Crippen LogP contribution in [0.1, 0.15) is 19.4 Å². The third-order valence-corrected chi connectivity index (χ3v) is 4.60. The fourth-order valence-electron chi connectivity index (χ4n) is 2.34. The Morgan fingerprint density at radius 2 is 2.10 bits per heavy atom. The number of thiophene rings is 1. The van der Waals surface area contributed by atoms with Crippen molar-refractivity contribution in [3.63, 3.8) is 0 Å². The summed E-state index contributed by atoms with van der Waals surface area (Å²) in [7, 11) is 0. The predicted molar refractivity (Wildman–Crippen MR) is 82.9 cm³/mol. The Kier molecular flexibility index (Phi) is 3.15. The van der Waals surface area contributed by atoms with Crippen molar-refractivity contribution in [3.8, 4) is 10.6 Å². The molecule has 0 N–H and O–H groups in total. The van der Waals surface area contributed by atoms with Crippen LogP contribution in [0.25, 0.3) is 10.6 Å². The van der Waals surface area contributed by atoms with Crippen LogP contribution in [-0.2, 0) is 5.54 Å². The largest absolute Gasteiger partial charge is 0.337 e. The molecule has 3 nitrogen and oxygen atoms in total. The van der Waals surface area contributed by atoms with Gasteiger partial charge < -0.3 is 4.57 Å². The Balaban J connectivity index is 2.18. The van der Waals surface area contributed by atoms with Gasteiger partial charge in [-0.15, -0.1) is 0 Å². The second kappa shape index (κ2) is 4.72. The highest BCUT2D eigenvalue weighted by atomic mass is 35.5. The number of halogens is 1. The molecule has 5 heteroatoms. The zero-order valence-electron chi connectivity index (χ0n) is 11.1. The molecule has 0 amide bonds. The minimum absolute atomic E-state index is 0.0741. The van der Waals surface area contributed by atoms with E-state index >= 15 is 0 Å². The van der Waals surface area contributed by atoms with Crippen LogP contribution in [0, 0.1) is 0 Å². The molecule has 0 saturated heterocycles. The first-order valence-corrected chi connectivity index (χ1v) is 7.42. The standard InChI is InChI=1S/C15H13ClN2OS/c1-15(2,10-5-6-13(16)17-9-10)18-7-3-4-12-11(18)8-14(19)20-12/h3-9H,1-2H3. The second-order valence-corrected chi connectivity index (χ2v) is 6.56. The highest BCUT2D eigenvalue weighted by molar-refractivity contribution is 7.13. The van der Waals surface area contributed by atoms with Crippen LogP contribution in [0.3, 0.4) is 0 Å². The second-order valence-electron chi connectivity index (χ2n) is 5.12. The molecule has 3 rings (SSSR count). The number of pyridine rings is 2. The summed E-state index contributed by atoms with van der Waals surface area (Å²) in [5.74, 6) is 0. The van der Waals surface area contributed by atoms with Gasteiger partial charge in [0.15, 0.2) is 0 Å². The van der Waals surface area contributed by atoms with Gasteiger partial charge in [-0.25, -0.2) is 4.98 Å². The normalized spacial score (nSPS) is 11.9. The van der Waals surface area contributed by atoms with Gasteiger partial charge in [0.25, 0.3) is 0 Å². The van der Waals surface area contributed by atoms with Crippen LogP contribution >= 0.6 is 22.9 Å². The Morgan fingerprint density at radius 1 is 1.30 bits per heavy atom. The maximum Gasteiger partial charge on any atom is 0.235 e. The molecule has 0 bridgehead atoms. The number of hydrogen-bond donors (Lipinski definition) is 0. The molecule has 2 aliphatic rings. The van der Waals surface area contributed by atoms with Gasteiger partial charge in [0.2, 0.25) is 4.74 Å². The fraction of sp³-hybridized carbons (Fsp3) is 0.200. The average Bonchev–Trinajstić information content (AvgIpc) is 2.78. The lowest BCUT2D eigenvalue weighted by atomic mass is 9.94. The van der Waals surface area contributed by atoms with Crippen molar-refractivity contribution in [2.24, 2.45) is 0 Å². The van der Waals surface area contributed by atoms with Gasteiger partial charge in [-0.1, -0.05) is 29.0 Å². The Morgan fingerprint density at radius 3 is 2.80 bits per heavy atom. The molecule has 1 aromatic heterocycles. The predicted octanol–water partition coefficient (Wildman–Crippen LogP) is 3.85. The SMILES string of the molecule is CC(C)(c1ccc(Cl)nc1)n1cccc2sc(=O)cc1-2. The van der Waals surface area contributed by atoms with Crippen LogP contribution in [0.2, 0.25) is 5.15 Å². The lowest BCUT2D eigenvalue weighted by Gasteiger charge is -2.31. The lowest BCUT2D eigenvalue weighted by molar-refractivity contribution is 0.437. The van der Waals surface area contributed by atoms with E-state index in [0.717, 1.165) is 16.1 Å². The van der Waals surface area contributed by atoms with Crippen LogP contribution in [0.4, 0.5) is 0 Å². The topological polar surface area (TPSA) is 34.9 Å². The summed E-state index contributed by atoms with van der Waals surface area (Å²) < 4.78 is 2.18. The van der Waals surface area contributed by atoms with Crippen LogP contribution in [-0.4, -0.2) is 9.55 Å². The quantitative estimate of drug-likeness (QED) is 0.674. The van der Waals surface area contributed by atoms with Gasteiger partial charge in [-0.05, 0) is 37.6 Å². The van der Waals surface area contributed by atoms with Gasteiger partial charge in [0, 0.05) is 18.5 Å². The smallest absolute Gasteiger partial charge is 0.235 e. The molecule has 0 aromatic carbocycles. The van der Waals surface area contributed by atoms with Crippen LogP contribution < -0.4 is 4.74 Å². The molecule has 1 aromatic rings. The lowest BCUT2D eigenvalue weighted by Crippen LogP contribution is -2.28.